The number of nitrogens with one attached hydrogen (secondary N) is 3. The fourth-order valence-electron chi connectivity index (χ4n) is 2.43. The van der Waals surface area contributed by atoms with Crippen LogP contribution in [0.4, 0.5) is 9.59 Å². The molecule has 10 heteroatoms. The van der Waals surface area contributed by atoms with Crippen molar-refractivity contribution in [3.63, 3.8) is 0 Å². The zero-order chi connectivity index (χ0) is 19.3. The summed E-state index contributed by atoms with van der Waals surface area (Å²) in [6.45, 7) is 7.18. The lowest BCUT2D eigenvalue weighted by Crippen LogP contribution is -2.57. The monoisotopic (exact) mass is 358 g/mol. The van der Waals surface area contributed by atoms with Crippen LogP contribution in [0.1, 0.15) is 34.1 Å². The number of likely N-dealkylation sites (tertiary alicyclic amines) is 1. The zero-order valence-electron chi connectivity index (χ0n) is 15.0. The number of amides is 4. The Morgan fingerprint density at radius 1 is 1.24 bits per heavy atom. The molecule has 142 valence electrons. The van der Waals surface area contributed by atoms with Crippen molar-refractivity contribution < 1.29 is 29.0 Å². The molecule has 1 heterocycles. The number of ether oxygens (including phenoxy) is 1. The third-order valence-electron chi connectivity index (χ3n) is 3.46. The van der Waals surface area contributed by atoms with Crippen LogP contribution in [0.5, 0.6) is 0 Å². The molecule has 0 aromatic rings. The van der Waals surface area contributed by atoms with Gasteiger partial charge in [0, 0.05) is 19.6 Å². The number of hydrogen-bond donors (Lipinski definition) is 4. The van der Waals surface area contributed by atoms with Gasteiger partial charge < -0.3 is 20.5 Å². The minimum atomic E-state index is -1.53. The molecule has 0 aromatic carbocycles. The van der Waals surface area contributed by atoms with Gasteiger partial charge in [-0.1, -0.05) is 0 Å². The summed E-state index contributed by atoms with van der Waals surface area (Å²) in [5.41, 5.74) is -2.29. The first-order valence-electron chi connectivity index (χ1n) is 8.02. The molecule has 1 fully saturated rings. The van der Waals surface area contributed by atoms with Crippen LogP contribution in [0, 0.1) is 0 Å². The Kier molecular flexibility index (Phi) is 6.74. The maximum Gasteiger partial charge on any atom is 0.408 e. The van der Waals surface area contributed by atoms with Crippen molar-refractivity contribution in [1.29, 1.82) is 0 Å². The Hall–Kier alpha value is -2.36. The van der Waals surface area contributed by atoms with Crippen molar-refractivity contribution in [2.75, 3.05) is 26.2 Å². The summed E-state index contributed by atoms with van der Waals surface area (Å²) in [4.78, 5) is 48.2. The standard InChI is InChI=1S/C15H26N4O6/c1-5-16-12(23)17-10(20)8-19-7-6-15(9-19,11(21)22)18-13(24)25-14(2,3)4/h5-9H2,1-4H3,(H,18,24)(H,21,22)(H2,16,17,20,23). The molecule has 0 bridgehead atoms. The SMILES string of the molecule is CCNC(=O)NC(=O)CN1CCC(NC(=O)OC(C)(C)C)(C(=O)O)C1. The number of carboxylic acids is 1. The van der Waals surface area contributed by atoms with Crippen LogP contribution in [0.15, 0.2) is 0 Å². The highest BCUT2D eigenvalue weighted by Gasteiger charge is 2.47. The van der Waals surface area contributed by atoms with Crippen LogP contribution in [-0.2, 0) is 14.3 Å². The molecular formula is C15H26N4O6. The van der Waals surface area contributed by atoms with Gasteiger partial charge in [0.15, 0.2) is 5.54 Å². The van der Waals surface area contributed by atoms with Crippen molar-refractivity contribution in [3.8, 4) is 0 Å². The second kappa shape index (κ2) is 8.15. The van der Waals surface area contributed by atoms with E-state index in [4.69, 9.17) is 4.74 Å². The Morgan fingerprint density at radius 3 is 2.40 bits per heavy atom. The van der Waals surface area contributed by atoms with E-state index in [9.17, 15) is 24.3 Å². The Labute approximate surface area is 146 Å². The maximum absolute atomic E-state index is 11.9. The van der Waals surface area contributed by atoms with E-state index in [1.54, 1.807) is 32.6 Å². The largest absolute Gasteiger partial charge is 0.479 e. The molecule has 0 aliphatic carbocycles. The van der Waals surface area contributed by atoms with E-state index in [0.29, 0.717) is 6.54 Å². The van der Waals surface area contributed by atoms with Gasteiger partial charge in [-0.2, -0.15) is 0 Å². The van der Waals surface area contributed by atoms with Crippen molar-refractivity contribution in [2.24, 2.45) is 0 Å². The summed E-state index contributed by atoms with van der Waals surface area (Å²) in [7, 11) is 0. The van der Waals surface area contributed by atoms with Crippen LogP contribution in [-0.4, -0.2) is 71.3 Å². The van der Waals surface area contributed by atoms with Crippen molar-refractivity contribution in [2.45, 2.75) is 45.3 Å². The van der Waals surface area contributed by atoms with E-state index in [1.807, 2.05) is 0 Å². The summed E-state index contributed by atoms with van der Waals surface area (Å²) in [5, 5.41) is 16.5. The summed E-state index contributed by atoms with van der Waals surface area (Å²) >= 11 is 0. The van der Waals surface area contributed by atoms with Gasteiger partial charge in [-0.15, -0.1) is 0 Å². The molecule has 10 nitrogen and oxygen atoms in total. The Balaban J connectivity index is 2.65. The van der Waals surface area contributed by atoms with Gasteiger partial charge in [0.25, 0.3) is 0 Å². The van der Waals surface area contributed by atoms with Gasteiger partial charge in [-0.25, -0.2) is 14.4 Å². The minimum Gasteiger partial charge on any atom is -0.479 e. The first kappa shape index (κ1) is 20.7. The number of aliphatic carboxylic acids is 1. The third-order valence-corrected chi connectivity index (χ3v) is 3.46. The van der Waals surface area contributed by atoms with E-state index in [1.165, 1.54) is 0 Å². The van der Waals surface area contributed by atoms with E-state index in [-0.39, 0.29) is 26.1 Å². The first-order chi connectivity index (χ1) is 11.5. The molecule has 25 heavy (non-hydrogen) atoms. The van der Waals surface area contributed by atoms with Crippen LogP contribution in [0.3, 0.4) is 0 Å². The summed E-state index contributed by atoms with van der Waals surface area (Å²) in [6, 6.07) is -0.608. The maximum atomic E-state index is 11.9. The molecule has 0 aromatic heterocycles. The van der Waals surface area contributed by atoms with Gasteiger partial charge in [0.05, 0.1) is 6.54 Å². The molecule has 0 saturated carbocycles. The fourth-order valence-corrected chi connectivity index (χ4v) is 2.43. The molecule has 0 spiro atoms. The summed E-state index contributed by atoms with van der Waals surface area (Å²) < 4.78 is 5.11. The second-order valence-electron chi connectivity index (χ2n) is 6.88. The van der Waals surface area contributed by atoms with Gasteiger partial charge in [-0.3, -0.25) is 15.0 Å². The van der Waals surface area contributed by atoms with Gasteiger partial charge in [0.2, 0.25) is 5.91 Å². The van der Waals surface area contributed by atoms with Crippen molar-refractivity contribution in [1.82, 2.24) is 20.9 Å². The predicted octanol–water partition coefficient (Wildman–Crippen LogP) is -0.114. The molecule has 0 radical (unpaired) electrons. The molecular weight excluding hydrogens is 332 g/mol. The highest BCUT2D eigenvalue weighted by Crippen LogP contribution is 2.22. The summed E-state index contributed by atoms with van der Waals surface area (Å²) in [6.07, 6.45) is -0.709. The lowest BCUT2D eigenvalue weighted by atomic mass is 9.99. The molecule has 1 aliphatic rings. The first-order valence-corrected chi connectivity index (χ1v) is 8.02. The number of imide groups is 1. The number of carbonyl (C=O) groups excluding carboxylic acids is 3. The molecule has 4 N–H and O–H groups in total. The molecule has 1 unspecified atom stereocenters. The van der Waals surface area contributed by atoms with Gasteiger partial charge in [-0.05, 0) is 34.1 Å². The number of rotatable bonds is 5. The number of alkyl carbamates (subject to hydrolysis) is 1. The topological polar surface area (TPSA) is 137 Å². The summed E-state index contributed by atoms with van der Waals surface area (Å²) in [5.74, 6) is -1.76. The normalized spacial score (nSPS) is 20.6. The molecule has 1 aliphatic heterocycles. The number of hydrogen-bond acceptors (Lipinski definition) is 6. The number of carbonyl (C=O) groups is 4. The Bertz CT molecular complexity index is 545. The van der Waals surface area contributed by atoms with E-state index in [2.05, 4.69) is 16.0 Å². The highest BCUT2D eigenvalue weighted by atomic mass is 16.6. The number of carboxylic acid groups (broad SMARTS) is 1. The van der Waals surface area contributed by atoms with E-state index in [0.717, 1.165) is 0 Å². The number of urea groups is 1. The smallest absolute Gasteiger partial charge is 0.408 e. The van der Waals surface area contributed by atoms with E-state index >= 15 is 0 Å². The van der Waals surface area contributed by atoms with Crippen LogP contribution < -0.4 is 16.0 Å². The average molecular weight is 358 g/mol. The lowest BCUT2D eigenvalue weighted by Gasteiger charge is -2.28. The Morgan fingerprint density at radius 2 is 1.88 bits per heavy atom. The zero-order valence-corrected chi connectivity index (χ0v) is 15.0. The van der Waals surface area contributed by atoms with Crippen LogP contribution in [0.25, 0.3) is 0 Å². The quantitative estimate of drug-likeness (QED) is 0.538. The van der Waals surface area contributed by atoms with Crippen molar-refractivity contribution in [3.05, 3.63) is 0 Å². The fraction of sp³-hybridized carbons (Fsp3) is 0.733. The minimum absolute atomic E-state index is 0.0651. The highest BCUT2D eigenvalue weighted by molar-refractivity contribution is 5.95. The average Bonchev–Trinajstić information content (AvgIpc) is 2.80. The lowest BCUT2D eigenvalue weighted by molar-refractivity contribution is -0.144. The van der Waals surface area contributed by atoms with Gasteiger partial charge in [0.1, 0.15) is 5.60 Å². The van der Waals surface area contributed by atoms with Crippen molar-refractivity contribution >= 4 is 24.0 Å². The third kappa shape index (κ3) is 6.57. The van der Waals surface area contributed by atoms with Crippen LogP contribution in [0.2, 0.25) is 0 Å². The molecule has 1 rings (SSSR count). The second-order valence-corrected chi connectivity index (χ2v) is 6.88. The van der Waals surface area contributed by atoms with Crippen LogP contribution >= 0.6 is 0 Å². The molecule has 1 atom stereocenters. The number of nitrogens with zero attached hydrogens (tertiary/aromatic N) is 1. The van der Waals surface area contributed by atoms with Gasteiger partial charge >= 0.3 is 18.1 Å². The van der Waals surface area contributed by atoms with E-state index < -0.39 is 35.1 Å². The predicted molar refractivity (Wildman–Crippen MR) is 88.0 cm³/mol. The molecule has 4 amide bonds. The molecule has 1 saturated heterocycles.